The molecule has 72 valence electrons. The molecule has 3 N–H and O–H groups in total. The molecule has 0 amide bonds. The number of nitrogens with one attached hydrogen (secondary N) is 1. The van der Waals surface area contributed by atoms with E-state index in [0.29, 0.717) is 5.96 Å². The SMILES string of the molecule is CCCN=C(N)NCCCSC. The average Bonchev–Trinajstić information content (AvgIpc) is 2.09. The molecule has 4 heteroatoms. The van der Waals surface area contributed by atoms with Crippen molar-refractivity contribution >= 4 is 17.7 Å². The van der Waals surface area contributed by atoms with Crippen LogP contribution >= 0.6 is 11.8 Å². The fraction of sp³-hybridized carbons (Fsp3) is 0.875. The lowest BCUT2D eigenvalue weighted by Crippen LogP contribution is -2.32. The Morgan fingerprint density at radius 2 is 2.33 bits per heavy atom. The molecule has 0 aliphatic rings. The van der Waals surface area contributed by atoms with Gasteiger partial charge in [0.05, 0.1) is 0 Å². The van der Waals surface area contributed by atoms with Gasteiger partial charge in [-0.2, -0.15) is 11.8 Å². The first-order valence-electron chi connectivity index (χ1n) is 4.34. The summed E-state index contributed by atoms with van der Waals surface area (Å²) in [5, 5.41) is 3.07. The van der Waals surface area contributed by atoms with Crippen molar-refractivity contribution in [3.05, 3.63) is 0 Å². The highest BCUT2D eigenvalue weighted by Gasteiger charge is 1.89. The van der Waals surface area contributed by atoms with Gasteiger partial charge < -0.3 is 11.1 Å². The molecule has 3 nitrogen and oxygen atoms in total. The second-order valence-electron chi connectivity index (χ2n) is 2.54. The Kier molecular flexibility index (Phi) is 8.44. The number of guanidine groups is 1. The van der Waals surface area contributed by atoms with Crippen molar-refractivity contribution in [3.63, 3.8) is 0 Å². The fourth-order valence-corrected chi connectivity index (χ4v) is 1.15. The molecule has 0 aromatic carbocycles. The number of hydrogen-bond acceptors (Lipinski definition) is 2. The quantitative estimate of drug-likeness (QED) is 0.373. The van der Waals surface area contributed by atoms with E-state index in [0.717, 1.165) is 25.9 Å². The topological polar surface area (TPSA) is 50.4 Å². The second kappa shape index (κ2) is 8.71. The van der Waals surface area contributed by atoms with Gasteiger partial charge in [-0.15, -0.1) is 0 Å². The lowest BCUT2D eigenvalue weighted by atomic mass is 10.5. The first kappa shape index (κ1) is 11.6. The Morgan fingerprint density at radius 3 is 2.92 bits per heavy atom. The number of nitrogens with two attached hydrogens (primary N) is 1. The Morgan fingerprint density at radius 1 is 1.58 bits per heavy atom. The number of hydrogen-bond donors (Lipinski definition) is 2. The van der Waals surface area contributed by atoms with Crippen LogP contribution < -0.4 is 11.1 Å². The molecule has 0 aromatic rings. The van der Waals surface area contributed by atoms with E-state index in [1.54, 1.807) is 0 Å². The van der Waals surface area contributed by atoms with Gasteiger partial charge in [0.1, 0.15) is 0 Å². The zero-order valence-electron chi connectivity index (χ0n) is 7.97. The minimum absolute atomic E-state index is 0.581. The monoisotopic (exact) mass is 189 g/mol. The summed E-state index contributed by atoms with van der Waals surface area (Å²) in [6.45, 7) is 3.84. The number of thioether (sulfide) groups is 1. The minimum atomic E-state index is 0.581. The second-order valence-corrected chi connectivity index (χ2v) is 3.53. The van der Waals surface area contributed by atoms with Crippen LogP contribution in [0.4, 0.5) is 0 Å². The summed E-state index contributed by atoms with van der Waals surface area (Å²) in [5.74, 6) is 1.76. The molecule has 0 bridgehead atoms. The normalized spacial score (nSPS) is 11.7. The molecule has 0 rings (SSSR count). The summed E-state index contributed by atoms with van der Waals surface area (Å²) >= 11 is 1.85. The average molecular weight is 189 g/mol. The number of rotatable bonds is 6. The molecule has 0 atom stereocenters. The van der Waals surface area contributed by atoms with Crippen LogP contribution in [0.1, 0.15) is 19.8 Å². The Labute approximate surface area is 79.2 Å². The smallest absolute Gasteiger partial charge is 0.188 e. The van der Waals surface area contributed by atoms with Crippen molar-refractivity contribution in [1.29, 1.82) is 0 Å². The molecule has 0 heterocycles. The highest BCUT2D eigenvalue weighted by Crippen LogP contribution is 1.92. The highest BCUT2D eigenvalue weighted by atomic mass is 32.2. The first-order valence-corrected chi connectivity index (χ1v) is 5.73. The molecule has 0 unspecified atom stereocenters. The van der Waals surface area contributed by atoms with Gasteiger partial charge in [-0.1, -0.05) is 6.92 Å². The maximum Gasteiger partial charge on any atom is 0.188 e. The Bertz CT molecular complexity index is 125. The lowest BCUT2D eigenvalue weighted by molar-refractivity contribution is 0.826. The molecular formula is C8H19N3S. The molecule has 0 aliphatic carbocycles. The molecular weight excluding hydrogens is 170 g/mol. The fourth-order valence-electron chi connectivity index (χ4n) is 0.721. The molecule has 12 heavy (non-hydrogen) atoms. The maximum atomic E-state index is 5.57. The maximum absolute atomic E-state index is 5.57. The van der Waals surface area contributed by atoms with E-state index in [1.807, 2.05) is 11.8 Å². The molecule has 0 saturated carbocycles. The zero-order chi connectivity index (χ0) is 9.23. The third-order valence-electron chi connectivity index (χ3n) is 1.34. The molecule has 0 fully saturated rings. The van der Waals surface area contributed by atoms with Crippen molar-refractivity contribution < 1.29 is 0 Å². The molecule has 0 radical (unpaired) electrons. The van der Waals surface area contributed by atoms with E-state index >= 15 is 0 Å². The summed E-state index contributed by atoms with van der Waals surface area (Å²) in [7, 11) is 0. The molecule has 0 aliphatic heterocycles. The van der Waals surface area contributed by atoms with Crippen LogP contribution in [0, 0.1) is 0 Å². The van der Waals surface area contributed by atoms with Crippen molar-refractivity contribution in [2.75, 3.05) is 25.1 Å². The zero-order valence-corrected chi connectivity index (χ0v) is 8.78. The predicted molar refractivity (Wildman–Crippen MR) is 57.8 cm³/mol. The Balaban J connectivity index is 3.24. The summed E-state index contributed by atoms with van der Waals surface area (Å²) in [4.78, 5) is 4.12. The van der Waals surface area contributed by atoms with Crippen molar-refractivity contribution in [2.24, 2.45) is 10.7 Å². The van der Waals surface area contributed by atoms with E-state index < -0.39 is 0 Å². The van der Waals surface area contributed by atoms with Gasteiger partial charge in [0.25, 0.3) is 0 Å². The van der Waals surface area contributed by atoms with Crippen LogP contribution in [-0.2, 0) is 0 Å². The summed E-state index contributed by atoms with van der Waals surface area (Å²) in [6, 6.07) is 0. The van der Waals surface area contributed by atoms with Gasteiger partial charge in [-0.3, -0.25) is 4.99 Å². The van der Waals surface area contributed by atoms with Gasteiger partial charge in [0.15, 0.2) is 5.96 Å². The Hall–Kier alpha value is -0.380. The molecule has 0 saturated heterocycles. The van der Waals surface area contributed by atoms with Crippen LogP contribution in [0.5, 0.6) is 0 Å². The van der Waals surface area contributed by atoms with Gasteiger partial charge in [-0.05, 0) is 24.9 Å². The van der Waals surface area contributed by atoms with Crippen molar-refractivity contribution in [1.82, 2.24) is 5.32 Å². The molecule has 0 aromatic heterocycles. The van der Waals surface area contributed by atoms with Crippen molar-refractivity contribution in [3.8, 4) is 0 Å². The summed E-state index contributed by atoms with van der Waals surface area (Å²) in [6.07, 6.45) is 4.30. The van der Waals surface area contributed by atoms with Crippen molar-refractivity contribution in [2.45, 2.75) is 19.8 Å². The van der Waals surface area contributed by atoms with Gasteiger partial charge in [-0.25, -0.2) is 0 Å². The summed E-state index contributed by atoms with van der Waals surface area (Å²) in [5.41, 5.74) is 5.57. The largest absolute Gasteiger partial charge is 0.370 e. The van der Waals surface area contributed by atoms with E-state index in [2.05, 4.69) is 23.5 Å². The van der Waals surface area contributed by atoms with Gasteiger partial charge in [0, 0.05) is 13.1 Å². The lowest BCUT2D eigenvalue weighted by Gasteiger charge is -2.03. The van der Waals surface area contributed by atoms with Crippen LogP contribution in [0.15, 0.2) is 4.99 Å². The third-order valence-corrected chi connectivity index (χ3v) is 2.03. The van der Waals surface area contributed by atoms with Crippen LogP contribution in [-0.4, -0.2) is 31.1 Å². The van der Waals surface area contributed by atoms with Gasteiger partial charge >= 0.3 is 0 Å². The van der Waals surface area contributed by atoms with E-state index in [1.165, 1.54) is 5.75 Å². The van der Waals surface area contributed by atoms with E-state index in [9.17, 15) is 0 Å². The van der Waals surface area contributed by atoms with Crippen LogP contribution in [0.2, 0.25) is 0 Å². The standard InChI is InChI=1S/C8H19N3S/c1-3-5-10-8(9)11-6-4-7-12-2/h3-7H2,1-2H3,(H3,9,10,11). The third kappa shape index (κ3) is 7.72. The van der Waals surface area contributed by atoms with E-state index in [-0.39, 0.29) is 0 Å². The summed E-state index contributed by atoms with van der Waals surface area (Å²) < 4.78 is 0. The van der Waals surface area contributed by atoms with Gasteiger partial charge in [0.2, 0.25) is 0 Å². The van der Waals surface area contributed by atoms with Crippen LogP contribution in [0.25, 0.3) is 0 Å². The predicted octanol–water partition coefficient (Wildman–Crippen LogP) is 1.05. The first-order chi connectivity index (χ1) is 5.81. The molecule has 0 spiro atoms. The minimum Gasteiger partial charge on any atom is -0.370 e. The highest BCUT2D eigenvalue weighted by molar-refractivity contribution is 7.98. The van der Waals surface area contributed by atoms with E-state index in [4.69, 9.17) is 5.73 Å². The number of aliphatic imine (C=N–C) groups is 1. The van der Waals surface area contributed by atoms with Crippen LogP contribution in [0.3, 0.4) is 0 Å². The number of nitrogens with zero attached hydrogens (tertiary/aromatic N) is 1.